The van der Waals surface area contributed by atoms with Gasteiger partial charge < -0.3 is 20.1 Å². The van der Waals surface area contributed by atoms with Gasteiger partial charge >= 0.3 is 0 Å². The maximum absolute atomic E-state index is 13.2. The monoisotopic (exact) mass is 359 g/mol. The van der Waals surface area contributed by atoms with Gasteiger partial charge in [-0.25, -0.2) is 9.38 Å². The number of halogens is 1. The summed E-state index contributed by atoms with van der Waals surface area (Å²) in [5.41, 5.74) is 1.88. The van der Waals surface area contributed by atoms with Crippen LogP contribution in [0.3, 0.4) is 0 Å². The van der Waals surface area contributed by atoms with Crippen LogP contribution in [0.15, 0.2) is 53.5 Å². The Morgan fingerprint density at radius 1 is 1.08 bits per heavy atom. The fraction of sp³-hybridized carbons (Fsp3) is 0.350. The summed E-state index contributed by atoms with van der Waals surface area (Å²) in [7, 11) is 1.67. The van der Waals surface area contributed by atoms with Gasteiger partial charge in [0.1, 0.15) is 18.2 Å². The molecular weight excluding hydrogens is 333 g/mol. The molecule has 0 unspecified atom stereocenters. The summed E-state index contributed by atoms with van der Waals surface area (Å²) in [6, 6.07) is 14.2. The lowest BCUT2D eigenvalue weighted by Crippen LogP contribution is -2.38. The van der Waals surface area contributed by atoms with Crippen LogP contribution in [0, 0.1) is 5.82 Å². The molecule has 0 aromatic heterocycles. The molecule has 2 rings (SSSR count). The van der Waals surface area contributed by atoms with Gasteiger partial charge in [0, 0.05) is 20.2 Å². The quantitative estimate of drug-likeness (QED) is 0.410. The molecule has 0 fully saturated rings. The highest BCUT2D eigenvalue weighted by Gasteiger charge is 2.00. The van der Waals surface area contributed by atoms with Crippen LogP contribution in [0.4, 0.5) is 4.39 Å². The van der Waals surface area contributed by atoms with Gasteiger partial charge in [0.05, 0.1) is 13.2 Å². The highest BCUT2D eigenvalue weighted by Crippen LogP contribution is 2.15. The lowest BCUT2D eigenvalue weighted by molar-refractivity contribution is 0.203. The molecule has 26 heavy (non-hydrogen) atoms. The zero-order valence-electron chi connectivity index (χ0n) is 15.3. The minimum Gasteiger partial charge on any atom is -0.489 e. The van der Waals surface area contributed by atoms with Crippen LogP contribution in [-0.4, -0.2) is 32.8 Å². The molecule has 140 valence electrons. The van der Waals surface area contributed by atoms with E-state index < -0.39 is 0 Å². The van der Waals surface area contributed by atoms with E-state index in [1.807, 2.05) is 37.3 Å². The number of methoxy groups -OCH3 is 1. The van der Waals surface area contributed by atoms with Crippen LogP contribution in [0.2, 0.25) is 0 Å². The summed E-state index contributed by atoms with van der Waals surface area (Å²) >= 11 is 0. The van der Waals surface area contributed by atoms with Gasteiger partial charge in [-0.05, 0) is 42.3 Å². The molecule has 0 aliphatic rings. The largest absolute Gasteiger partial charge is 0.489 e. The first-order valence-corrected chi connectivity index (χ1v) is 8.68. The fourth-order valence-corrected chi connectivity index (χ4v) is 2.27. The summed E-state index contributed by atoms with van der Waals surface area (Å²) in [6.07, 6.45) is 0. The van der Waals surface area contributed by atoms with Crippen molar-refractivity contribution in [2.45, 2.75) is 20.1 Å². The molecule has 0 saturated carbocycles. The summed E-state index contributed by atoms with van der Waals surface area (Å²) in [5.74, 6) is 1.25. The zero-order valence-corrected chi connectivity index (χ0v) is 15.3. The SMILES string of the molecule is CCNC(=NCc1ccc(OCc2cccc(F)c2)cc1)NCCOC. The van der Waals surface area contributed by atoms with Crippen LogP contribution in [0.1, 0.15) is 18.1 Å². The number of aliphatic imine (C=N–C) groups is 1. The van der Waals surface area contributed by atoms with E-state index in [4.69, 9.17) is 9.47 Å². The highest BCUT2D eigenvalue weighted by molar-refractivity contribution is 5.79. The van der Waals surface area contributed by atoms with Crippen molar-refractivity contribution >= 4 is 5.96 Å². The minimum atomic E-state index is -0.255. The van der Waals surface area contributed by atoms with E-state index in [0.29, 0.717) is 26.3 Å². The minimum absolute atomic E-state index is 0.255. The van der Waals surface area contributed by atoms with Crippen LogP contribution in [0.25, 0.3) is 0 Å². The fourth-order valence-electron chi connectivity index (χ4n) is 2.27. The van der Waals surface area contributed by atoms with Gasteiger partial charge in [-0.2, -0.15) is 0 Å². The predicted octanol–water partition coefficient (Wildman–Crippen LogP) is 3.11. The molecule has 0 heterocycles. The Morgan fingerprint density at radius 3 is 2.58 bits per heavy atom. The van der Waals surface area contributed by atoms with Crippen LogP contribution in [0.5, 0.6) is 5.75 Å². The number of nitrogens with one attached hydrogen (secondary N) is 2. The second kappa shape index (κ2) is 11.1. The van der Waals surface area contributed by atoms with Crippen molar-refractivity contribution in [3.63, 3.8) is 0 Å². The topological polar surface area (TPSA) is 54.9 Å². The second-order valence-corrected chi connectivity index (χ2v) is 5.68. The third kappa shape index (κ3) is 7.11. The molecule has 2 aromatic rings. The number of ether oxygens (including phenoxy) is 2. The van der Waals surface area contributed by atoms with Gasteiger partial charge in [0.25, 0.3) is 0 Å². The van der Waals surface area contributed by atoms with Crippen molar-refractivity contribution in [1.29, 1.82) is 0 Å². The molecule has 2 aromatic carbocycles. The highest BCUT2D eigenvalue weighted by atomic mass is 19.1. The number of nitrogens with zero attached hydrogens (tertiary/aromatic N) is 1. The van der Waals surface area contributed by atoms with E-state index in [1.165, 1.54) is 12.1 Å². The summed E-state index contributed by atoms with van der Waals surface area (Å²) < 4.78 is 23.9. The Hall–Kier alpha value is -2.60. The second-order valence-electron chi connectivity index (χ2n) is 5.68. The van der Waals surface area contributed by atoms with Gasteiger partial charge in [-0.3, -0.25) is 0 Å². The van der Waals surface area contributed by atoms with E-state index in [2.05, 4.69) is 15.6 Å². The first-order valence-electron chi connectivity index (χ1n) is 8.68. The third-order valence-electron chi connectivity index (χ3n) is 3.58. The molecule has 0 aliphatic heterocycles. The first kappa shape index (κ1) is 19.7. The van der Waals surface area contributed by atoms with Crippen molar-refractivity contribution in [2.24, 2.45) is 4.99 Å². The molecule has 0 spiro atoms. The smallest absolute Gasteiger partial charge is 0.191 e. The molecule has 0 radical (unpaired) electrons. The van der Waals surface area contributed by atoms with E-state index in [1.54, 1.807) is 13.2 Å². The summed E-state index contributed by atoms with van der Waals surface area (Å²) in [6.45, 7) is 5.05. The Morgan fingerprint density at radius 2 is 1.88 bits per heavy atom. The Labute approximate surface area is 154 Å². The molecule has 0 saturated heterocycles. The molecular formula is C20H26FN3O2. The van der Waals surface area contributed by atoms with Gasteiger partial charge in [-0.15, -0.1) is 0 Å². The van der Waals surface area contributed by atoms with Crippen molar-refractivity contribution in [2.75, 3.05) is 26.8 Å². The normalized spacial score (nSPS) is 11.3. The molecule has 0 bridgehead atoms. The molecule has 0 amide bonds. The lowest BCUT2D eigenvalue weighted by Gasteiger charge is -2.11. The predicted molar refractivity (Wildman–Crippen MR) is 102 cm³/mol. The zero-order chi connectivity index (χ0) is 18.6. The maximum atomic E-state index is 13.2. The number of benzene rings is 2. The number of rotatable bonds is 9. The van der Waals surface area contributed by atoms with Gasteiger partial charge in [-0.1, -0.05) is 24.3 Å². The van der Waals surface area contributed by atoms with Gasteiger partial charge in [0.2, 0.25) is 0 Å². The average molecular weight is 359 g/mol. The Bertz CT molecular complexity index is 690. The maximum Gasteiger partial charge on any atom is 0.191 e. The standard InChI is InChI=1S/C20H26FN3O2/c1-3-22-20(23-11-12-25-2)24-14-16-7-9-19(10-8-16)26-15-17-5-4-6-18(21)13-17/h4-10,13H,3,11-12,14-15H2,1-2H3,(H2,22,23,24). The molecule has 6 heteroatoms. The van der Waals surface area contributed by atoms with Crippen LogP contribution < -0.4 is 15.4 Å². The third-order valence-corrected chi connectivity index (χ3v) is 3.58. The Balaban J connectivity index is 1.86. The van der Waals surface area contributed by atoms with Crippen molar-refractivity contribution in [3.8, 4) is 5.75 Å². The number of hydrogen-bond acceptors (Lipinski definition) is 3. The van der Waals surface area contributed by atoms with Crippen LogP contribution in [-0.2, 0) is 17.9 Å². The van der Waals surface area contributed by atoms with E-state index in [0.717, 1.165) is 29.4 Å². The Kier molecular flexibility index (Phi) is 8.42. The number of hydrogen-bond donors (Lipinski definition) is 2. The number of guanidine groups is 1. The van der Waals surface area contributed by atoms with Crippen LogP contribution >= 0.6 is 0 Å². The van der Waals surface area contributed by atoms with E-state index in [9.17, 15) is 4.39 Å². The van der Waals surface area contributed by atoms with E-state index in [-0.39, 0.29) is 5.82 Å². The summed E-state index contributed by atoms with van der Waals surface area (Å²) in [5, 5.41) is 6.40. The summed E-state index contributed by atoms with van der Waals surface area (Å²) in [4.78, 5) is 4.54. The van der Waals surface area contributed by atoms with Crippen molar-refractivity contribution < 1.29 is 13.9 Å². The van der Waals surface area contributed by atoms with E-state index >= 15 is 0 Å². The molecule has 5 nitrogen and oxygen atoms in total. The van der Waals surface area contributed by atoms with Crippen molar-refractivity contribution in [1.82, 2.24) is 10.6 Å². The average Bonchev–Trinajstić information content (AvgIpc) is 2.65. The van der Waals surface area contributed by atoms with Crippen molar-refractivity contribution in [3.05, 3.63) is 65.5 Å². The molecule has 0 aliphatic carbocycles. The first-order chi connectivity index (χ1) is 12.7. The lowest BCUT2D eigenvalue weighted by atomic mass is 10.2. The molecule has 0 atom stereocenters. The van der Waals surface area contributed by atoms with Gasteiger partial charge in [0.15, 0.2) is 5.96 Å². The molecule has 2 N–H and O–H groups in total.